The minimum atomic E-state index is -0.741. The number of aliphatic carboxylic acids is 2. The first-order chi connectivity index (χ1) is 5.29. The maximum Gasteiger partial charge on any atom is 0.305 e. The molecular weight excluding hydrogens is 225 g/mol. The molecule has 0 unspecified atom stereocenters. The third-order valence-electron chi connectivity index (χ3n) is 0.988. The second-order valence-electron chi connectivity index (χ2n) is 2.99. The van der Waals surface area contributed by atoms with Gasteiger partial charge in [0.15, 0.2) is 0 Å². The van der Waals surface area contributed by atoms with Crippen LogP contribution in [0, 0.1) is 11.8 Å². The van der Waals surface area contributed by atoms with Crippen LogP contribution in [0.2, 0.25) is 0 Å². The molecule has 5 heteroatoms. The molecule has 0 aliphatic rings. The predicted molar refractivity (Wildman–Crippen MR) is 44.9 cm³/mol. The second-order valence-corrected chi connectivity index (χ2v) is 2.99. The fraction of sp³-hybridized carbons (Fsp3) is 0.750. The van der Waals surface area contributed by atoms with E-state index in [0.717, 1.165) is 0 Å². The zero-order chi connectivity index (χ0) is 10.3. The van der Waals surface area contributed by atoms with E-state index < -0.39 is 11.9 Å². The Morgan fingerprint density at radius 2 is 0.923 bits per heavy atom. The fourth-order valence-electron chi connectivity index (χ4n) is 0. The van der Waals surface area contributed by atoms with Crippen LogP contribution in [-0.4, -0.2) is 22.2 Å². The summed E-state index contributed by atoms with van der Waals surface area (Å²) < 4.78 is 0. The van der Waals surface area contributed by atoms with Crippen LogP contribution in [0.1, 0.15) is 27.7 Å². The first kappa shape index (κ1) is 18.4. The predicted octanol–water partition coefficient (Wildman–Crippen LogP) is 1.45. The van der Waals surface area contributed by atoms with Crippen molar-refractivity contribution in [1.82, 2.24) is 0 Å². The number of carboxylic acids is 2. The Bertz CT molecular complexity index is 136. The van der Waals surface area contributed by atoms with E-state index in [0.29, 0.717) is 0 Å². The molecule has 0 amide bonds. The van der Waals surface area contributed by atoms with Gasteiger partial charge in [0.05, 0.1) is 11.8 Å². The van der Waals surface area contributed by atoms with Gasteiger partial charge in [-0.3, -0.25) is 9.59 Å². The average Bonchev–Trinajstić information content (AvgIpc) is 1.88. The molecule has 0 aromatic carbocycles. The molecule has 0 atom stereocenters. The van der Waals surface area contributed by atoms with Crippen LogP contribution in [0.5, 0.6) is 0 Å². The van der Waals surface area contributed by atoms with Crippen molar-refractivity contribution >= 4 is 11.9 Å². The molecule has 0 saturated heterocycles. The van der Waals surface area contributed by atoms with Crippen molar-refractivity contribution in [2.45, 2.75) is 27.7 Å². The Morgan fingerprint density at radius 3 is 0.923 bits per heavy atom. The molecule has 2 N–H and O–H groups in total. The van der Waals surface area contributed by atoms with Gasteiger partial charge in [0.25, 0.3) is 0 Å². The number of rotatable bonds is 2. The zero-order valence-electron chi connectivity index (χ0n) is 8.57. The molecule has 0 aliphatic heterocycles. The molecule has 0 rings (SSSR count). The molecule has 0 fully saturated rings. The van der Waals surface area contributed by atoms with Gasteiger partial charge in [-0.15, -0.1) is 0 Å². The number of carboxylic acid groups (broad SMARTS) is 2. The molecule has 0 radical (unpaired) electrons. The van der Waals surface area contributed by atoms with E-state index in [1.165, 1.54) is 0 Å². The molecule has 13 heavy (non-hydrogen) atoms. The summed E-state index contributed by atoms with van der Waals surface area (Å²) in [5.74, 6) is -1.94. The summed E-state index contributed by atoms with van der Waals surface area (Å²) in [7, 11) is 0. The summed E-state index contributed by atoms with van der Waals surface area (Å²) in [6, 6.07) is 0. The van der Waals surface area contributed by atoms with Gasteiger partial charge in [-0.1, -0.05) is 27.7 Å². The molecule has 0 saturated carbocycles. The Balaban J connectivity index is -0.000000143. The summed E-state index contributed by atoms with van der Waals surface area (Å²) in [5, 5.41) is 16.0. The molecule has 0 heterocycles. The Hall–Kier alpha value is -0.437. The average molecular weight is 242 g/mol. The van der Waals surface area contributed by atoms with Crippen molar-refractivity contribution < 1.29 is 39.3 Å². The summed E-state index contributed by atoms with van der Waals surface area (Å²) in [6.45, 7) is 6.56. The van der Waals surface area contributed by atoms with Crippen LogP contribution >= 0.6 is 0 Å². The van der Waals surface area contributed by atoms with Crippen LogP contribution in [0.25, 0.3) is 0 Å². The van der Waals surface area contributed by atoms with E-state index in [-0.39, 0.29) is 31.3 Å². The van der Waals surface area contributed by atoms with E-state index in [1.807, 2.05) is 0 Å². The van der Waals surface area contributed by atoms with Crippen molar-refractivity contribution in [2.75, 3.05) is 0 Å². The largest absolute Gasteiger partial charge is 0.481 e. The second kappa shape index (κ2) is 9.65. The standard InChI is InChI=1S/2C4H8O2.Zn/c2*1-3(2)4(5)6;/h2*3H,1-2H3,(H,5,6);. The van der Waals surface area contributed by atoms with Crippen LogP contribution in [0.15, 0.2) is 0 Å². The monoisotopic (exact) mass is 240 g/mol. The van der Waals surface area contributed by atoms with Gasteiger partial charge in [-0.2, -0.15) is 0 Å². The van der Waals surface area contributed by atoms with Gasteiger partial charge in [0.1, 0.15) is 0 Å². The molecule has 74 valence electrons. The maximum atomic E-state index is 9.70. The van der Waals surface area contributed by atoms with E-state index in [2.05, 4.69) is 0 Å². The summed E-state index contributed by atoms with van der Waals surface area (Å²) in [4.78, 5) is 19.4. The van der Waals surface area contributed by atoms with Crippen molar-refractivity contribution in [3.63, 3.8) is 0 Å². The van der Waals surface area contributed by atoms with E-state index in [9.17, 15) is 9.59 Å². The Labute approximate surface area is 91.1 Å². The topological polar surface area (TPSA) is 74.6 Å². The van der Waals surface area contributed by atoms with E-state index in [1.54, 1.807) is 27.7 Å². The fourth-order valence-corrected chi connectivity index (χ4v) is 0. The van der Waals surface area contributed by atoms with Gasteiger partial charge in [-0.25, -0.2) is 0 Å². The van der Waals surface area contributed by atoms with E-state index in [4.69, 9.17) is 10.2 Å². The van der Waals surface area contributed by atoms with Gasteiger partial charge in [-0.05, 0) is 0 Å². The summed E-state index contributed by atoms with van der Waals surface area (Å²) >= 11 is 0. The van der Waals surface area contributed by atoms with E-state index >= 15 is 0 Å². The molecule has 0 bridgehead atoms. The third kappa shape index (κ3) is 18.5. The van der Waals surface area contributed by atoms with Gasteiger partial charge in [0.2, 0.25) is 0 Å². The Kier molecular flexibility index (Phi) is 13.6. The number of hydrogen-bond acceptors (Lipinski definition) is 2. The minimum Gasteiger partial charge on any atom is -0.481 e. The van der Waals surface area contributed by atoms with Crippen molar-refractivity contribution in [3.05, 3.63) is 0 Å². The smallest absolute Gasteiger partial charge is 0.305 e. The third-order valence-corrected chi connectivity index (χ3v) is 0.988. The van der Waals surface area contributed by atoms with Crippen LogP contribution in [0.3, 0.4) is 0 Å². The van der Waals surface area contributed by atoms with Gasteiger partial charge < -0.3 is 10.2 Å². The molecule has 0 aromatic rings. The molecule has 0 aliphatic carbocycles. The normalized spacial score (nSPS) is 8.46. The quantitative estimate of drug-likeness (QED) is 0.718. The van der Waals surface area contributed by atoms with Crippen LogP contribution < -0.4 is 0 Å². The van der Waals surface area contributed by atoms with Gasteiger partial charge >= 0.3 is 11.9 Å². The number of carbonyl (C=O) groups is 2. The van der Waals surface area contributed by atoms with Crippen molar-refractivity contribution in [2.24, 2.45) is 11.8 Å². The number of hydrogen-bond donors (Lipinski definition) is 2. The molecule has 4 nitrogen and oxygen atoms in total. The zero-order valence-corrected chi connectivity index (χ0v) is 11.5. The first-order valence-corrected chi connectivity index (χ1v) is 3.74. The van der Waals surface area contributed by atoms with Crippen LogP contribution in [0.4, 0.5) is 0 Å². The van der Waals surface area contributed by atoms with Gasteiger partial charge in [0, 0.05) is 19.5 Å². The Morgan fingerprint density at radius 1 is 0.846 bits per heavy atom. The first-order valence-electron chi connectivity index (χ1n) is 3.74. The van der Waals surface area contributed by atoms with Crippen LogP contribution in [-0.2, 0) is 29.1 Å². The minimum absolute atomic E-state index is 0. The van der Waals surface area contributed by atoms with Crippen molar-refractivity contribution in [3.8, 4) is 0 Å². The maximum absolute atomic E-state index is 9.70. The summed E-state index contributed by atoms with van der Waals surface area (Å²) in [5.41, 5.74) is 0. The summed E-state index contributed by atoms with van der Waals surface area (Å²) in [6.07, 6.45) is 0. The molecular formula is C8H16O4Zn. The molecule has 0 spiro atoms. The SMILES string of the molecule is CC(C)C(=O)O.CC(C)C(=O)O.[Zn]. The molecule has 0 aromatic heterocycles. The van der Waals surface area contributed by atoms with Crippen molar-refractivity contribution in [1.29, 1.82) is 0 Å².